The van der Waals surface area contributed by atoms with E-state index in [2.05, 4.69) is 9.88 Å². The van der Waals surface area contributed by atoms with E-state index in [0.717, 1.165) is 45.1 Å². The molecule has 1 aliphatic carbocycles. The van der Waals surface area contributed by atoms with Crippen LogP contribution in [0.5, 0.6) is 0 Å². The van der Waals surface area contributed by atoms with Gasteiger partial charge < -0.3 is 9.80 Å². The summed E-state index contributed by atoms with van der Waals surface area (Å²) >= 11 is 0. The number of amides is 1. The molecule has 4 rings (SSSR count). The third kappa shape index (κ3) is 4.11. The Labute approximate surface area is 163 Å². The first-order chi connectivity index (χ1) is 13.4. The first kappa shape index (κ1) is 19.5. The summed E-state index contributed by atoms with van der Waals surface area (Å²) in [6.07, 6.45) is 2.48. The molecule has 8 heteroatoms. The minimum atomic E-state index is -4.43. The van der Waals surface area contributed by atoms with Gasteiger partial charge in [-0.2, -0.15) is 13.2 Å². The molecule has 2 aliphatic heterocycles. The summed E-state index contributed by atoms with van der Waals surface area (Å²) < 4.78 is 38.0. The minimum absolute atomic E-state index is 0.0856. The van der Waals surface area contributed by atoms with E-state index in [1.54, 1.807) is 0 Å². The van der Waals surface area contributed by atoms with Crippen molar-refractivity contribution in [1.82, 2.24) is 14.8 Å². The molecule has 5 nitrogen and oxygen atoms in total. The van der Waals surface area contributed by atoms with Crippen LogP contribution in [0.2, 0.25) is 0 Å². The van der Waals surface area contributed by atoms with E-state index in [9.17, 15) is 18.0 Å². The van der Waals surface area contributed by atoms with E-state index >= 15 is 0 Å². The van der Waals surface area contributed by atoms with Crippen molar-refractivity contribution >= 4 is 11.6 Å². The van der Waals surface area contributed by atoms with Crippen molar-refractivity contribution in [2.45, 2.75) is 44.3 Å². The van der Waals surface area contributed by atoms with E-state index in [1.807, 2.05) is 9.80 Å². The van der Waals surface area contributed by atoms with Crippen LogP contribution in [0, 0.1) is 5.92 Å². The van der Waals surface area contributed by atoms with E-state index in [4.69, 9.17) is 0 Å². The topological polar surface area (TPSA) is 39.7 Å². The van der Waals surface area contributed by atoms with Crippen molar-refractivity contribution in [3.8, 4) is 0 Å². The van der Waals surface area contributed by atoms with Gasteiger partial charge in [0, 0.05) is 45.3 Å². The van der Waals surface area contributed by atoms with Gasteiger partial charge >= 0.3 is 6.18 Å². The summed E-state index contributed by atoms with van der Waals surface area (Å²) in [4.78, 5) is 23.0. The molecule has 2 saturated heterocycles. The lowest BCUT2D eigenvalue weighted by Gasteiger charge is -2.36. The third-order valence-corrected chi connectivity index (χ3v) is 6.37. The lowest BCUT2D eigenvalue weighted by molar-refractivity contribution is -0.141. The van der Waals surface area contributed by atoms with Gasteiger partial charge in [0.1, 0.15) is 5.69 Å². The lowest BCUT2D eigenvalue weighted by atomic mass is 9.91. The van der Waals surface area contributed by atoms with Gasteiger partial charge in [0.2, 0.25) is 5.91 Å². The number of carbonyl (C=O) groups is 1. The molecular formula is C20H27F3N4O. The highest BCUT2D eigenvalue weighted by atomic mass is 19.4. The second-order valence-corrected chi connectivity index (χ2v) is 8.13. The minimum Gasteiger partial charge on any atom is -0.369 e. The first-order valence-corrected chi connectivity index (χ1v) is 10.2. The molecule has 0 unspecified atom stereocenters. The Bertz CT molecular complexity index is 690. The van der Waals surface area contributed by atoms with Crippen LogP contribution in [0.3, 0.4) is 0 Å². The van der Waals surface area contributed by atoms with E-state index in [-0.39, 0.29) is 11.8 Å². The molecule has 0 bridgehead atoms. The molecule has 0 spiro atoms. The summed E-state index contributed by atoms with van der Waals surface area (Å²) in [5.74, 6) is 0.107. The zero-order valence-electron chi connectivity index (χ0n) is 16.0. The van der Waals surface area contributed by atoms with Crippen molar-refractivity contribution in [3.63, 3.8) is 0 Å². The normalized spacial score (nSPS) is 24.9. The van der Waals surface area contributed by atoms with Gasteiger partial charge in [-0.25, -0.2) is 4.98 Å². The van der Waals surface area contributed by atoms with Crippen molar-refractivity contribution in [2.75, 3.05) is 44.2 Å². The van der Waals surface area contributed by atoms with Crippen LogP contribution >= 0.6 is 0 Å². The fourth-order valence-corrected chi connectivity index (χ4v) is 4.47. The Hall–Kier alpha value is -1.83. The Kier molecular flexibility index (Phi) is 5.49. The number of carbonyl (C=O) groups excluding carboxylic acids is 1. The zero-order valence-corrected chi connectivity index (χ0v) is 16.0. The molecule has 1 saturated carbocycles. The summed E-state index contributed by atoms with van der Waals surface area (Å²) in [5.41, 5.74) is -0.237. The average Bonchev–Trinajstić information content (AvgIpc) is 3.00. The standard InChI is InChI=1S/C20H27F3N4O/c21-20(22,23)18-6-5-17(13-24-18)27-10-7-15(14-27)19(28)26-9-2-8-25(11-12-26)16-3-1-4-16/h5-6,13,15-16H,1-4,7-12,14H2/t15-/m1/s1. The highest BCUT2D eigenvalue weighted by Crippen LogP contribution is 2.31. The average molecular weight is 396 g/mol. The third-order valence-electron chi connectivity index (χ3n) is 6.37. The molecule has 0 aromatic carbocycles. The fourth-order valence-electron chi connectivity index (χ4n) is 4.47. The van der Waals surface area contributed by atoms with Crippen LogP contribution < -0.4 is 4.90 Å². The second-order valence-electron chi connectivity index (χ2n) is 8.13. The highest BCUT2D eigenvalue weighted by Gasteiger charge is 2.35. The maximum atomic E-state index is 13.0. The highest BCUT2D eigenvalue weighted by molar-refractivity contribution is 5.80. The van der Waals surface area contributed by atoms with Crippen molar-refractivity contribution in [2.24, 2.45) is 5.92 Å². The lowest BCUT2D eigenvalue weighted by Crippen LogP contribution is -2.43. The summed E-state index contributed by atoms with van der Waals surface area (Å²) in [7, 11) is 0. The molecule has 1 amide bonds. The number of hydrogen-bond donors (Lipinski definition) is 0. The van der Waals surface area contributed by atoms with Gasteiger partial charge in [-0.15, -0.1) is 0 Å². The van der Waals surface area contributed by atoms with Gasteiger partial charge in [0.15, 0.2) is 0 Å². The Morgan fingerprint density at radius 1 is 1.00 bits per heavy atom. The quantitative estimate of drug-likeness (QED) is 0.788. The van der Waals surface area contributed by atoms with E-state index in [1.165, 1.54) is 31.5 Å². The number of hydrogen-bond acceptors (Lipinski definition) is 4. The Balaban J connectivity index is 1.32. The van der Waals surface area contributed by atoms with E-state index in [0.29, 0.717) is 24.8 Å². The molecule has 1 aromatic rings. The molecule has 3 heterocycles. The SMILES string of the molecule is O=C([C@@H]1CCN(c2ccc(C(F)(F)F)nc2)C1)N1CCCN(C2CCC2)CC1. The van der Waals surface area contributed by atoms with Crippen LogP contribution in [0.25, 0.3) is 0 Å². The molecular weight excluding hydrogens is 369 g/mol. The fraction of sp³-hybridized carbons (Fsp3) is 0.700. The summed E-state index contributed by atoms with van der Waals surface area (Å²) in [6, 6.07) is 3.17. The van der Waals surface area contributed by atoms with Crippen LogP contribution in [-0.2, 0) is 11.0 Å². The van der Waals surface area contributed by atoms with Gasteiger partial charge in [-0.3, -0.25) is 9.69 Å². The number of halogens is 3. The summed E-state index contributed by atoms with van der Waals surface area (Å²) in [5, 5.41) is 0. The summed E-state index contributed by atoms with van der Waals surface area (Å²) in [6.45, 7) is 4.84. The van der Waals surface area contributed by atoms with Crippen molar-refractivity contribution in [1.29, 1.82) is 0 Å². The van der Waals surface area contributed by atoms with Crippen LogP contribution in [0.15, 0.2) is 18.3 Å². The van der Waals surface area contributed by atoms with Gasteiger partial charge in [-0.1, -0.05) is 6.42 Å². The van der Waals surface area contributed by atoms with Crippen LogP contribution in [-0.4, -0.2) is 66.0 Å². The van der Waals surface area contributed by atoms with Crippen LogP contribution in [0.1, 0.15) is 37.8 Å². The van der Waals surface area contributed by atoms with Crippen molar-refractivity contribution < 1.29 is 18.0 Å². The number of nitrogens with zero attached hydrogens (tertiary/aromatic N) is 4. The molecule has 28 heavy (non-hydrogen) atoms. The monoisotopic (exact) mass is 396 g/mol. The molecule has 154 valence electrons. The van der Waals surface area contributed by atoms with E-state index < -0.39 is 11.9 Å². The first-order valence-electron chi connectivity index (χ1n) is 10.2. The molecule has 0 N–H and O–H groups in total. The smallest absolute Gasteiger partial charge is 0.369 e. The maximum Gasteiger partial charge on any atom is 0.433 e. The zero-order chi connectivity index (χ0) is 19.7. The largest absolute Gasteiger partial charge is 0.433 e. The number of pyridine rings is 1. The molecule has 3 aliphatic rings. The number of aromatic nitrogens is 1. The Morgan fingerprint density at radius 3 is 2.46 bits per heavy atom. The van der Waals surface area contributed by atoms with Crippen LogP contribution in [0.4, 0.5) is 18.9 Å². The van der Waals surface area contributed by atoms with Crippen molar-refractivity contribution in [3.05, 3.63) is 24.0 Å². The molecule has 0 radical (unpaired) electrons. The maximum absolute atomic E-state index is 13.0. The number of anilines is 1. The van der Waals surface area contributed by atoms with Gasteiger partial charge in [-0.05, 0) is 37.8 Å². The number of rotatable bonds is 3. The Morgan fingerprint density at radius 2 is 1.82 bits per heavy atom. The predicted octanol–water partition coefficient (Wildman–Crippen LogP) is 3.01. The predicted molar refractivity (Wildman–Crippen MR) is 100.0 cm³/mol. The number of alkyl halides is 3. The van der Waals surface area contributed by atoms with Gasteiger partial charge in [0.25, 0.3) is 0 Å². The molecule has 3 fully saturated rings. The molecule has 1 atom stereocenters. The van der Waals surface area contributed by atoms with Gasteiger partial charge in [0.05, 0.1) is 17.8 Å². The molecule has 1 aromatic heterocycles. The second kappa shape index (κ2) is 7.89.